The van der Waals surface area contributed by atoms with Crippen LogP contribution in [0.2, 0.25) is 0 Å². The number of benzene rings is 1. The highest BCUT2D eigenvalue weighted by atomic mass is 16.2. The Kier molecular flexibility index (Phi) is 4.30. The van der Waals surface area contributed by atoms with Crippen molar-refractivity contribution in [3.63, 3.8) is 0 Å². The molecule has 1 atom stereocenters. The third kappa shape index (κ3) is 3.07. The Bertz CT molecular complexity index is 753. The first-order valence-corrected chi connectivity index (χ1v) is 9.16. The molecule has 0 bridgehead atoms. The van der Waals surface area contributed by atoms with Crippen molar-refractivity contribution in [1.29, 1.82) is 0 Å². The maximum Gasteiger partial charge on any atom is 0.233 e. The second-order valence-electron chi connectivity index (χ2n) is 7.41. The van der Waals surface area contributed by atoms with E-state index >= 15 is 0 Å². The molecule has 1 aliphatic carbocycles. The highest BCUT2D eigenvalue weighted by molar-refractivity contribution is 5.89. The van der Waals surface area contributed by atoms with E-state index < -0.39 is 0 Å². The van der Waals surface area contributed by atoms with Gasteiger partial charge in [0.2, 0.25) is 5.91 Å². The van der Waals surface area contributed by atoms with Crippen LogP contribution < -0.4 is 0 Å². The van der Waals surface area contributed by atoms with Crippen LogP contribution in [0.5, 0.6) is 0 Å². The van der Waals surface area contributed by atoms with Gasteiger partial charge in [-0.25, -0.2) is 0 Å². The predicted molar refractivity (Wildman–Crippen MR) is 98.2 cm³/mol. The summed E-state index contributed by atoms with van der Waals surface area (Å²) in [6.45, 7) is 6.58. The number of rotatable bonds is 3. The summed E-state index contributed by atoms with van der Waals surface area (Å²) in [6.07, 6.45) is 5.63. The molecular weight excluding hydrogens is 310 g/mol. The van der Waals surface area contributed by atoms with Gasteiger partial charge in [0.05, 0.1) is 5.41 Å². The van der Waals surface area contributed by atoms with Crippen molar-refractivity contribution in [3.8, 4) is 0 Å². The molecule has 4 heteroatoms. The number of pyridine rings is 1. The van der Waals surface area contributed by atoms with E-state index in [-0.39, 0.29) is 5.41 Å². The fourth-order valence-electron chi connectivity index (χ4n) is 4.22. The molecule has 0 N–H and O–H groups in total. The Morgan fingerprint density at radius 1 is 1.08 bits per heavy atom. The fraction of sp³-hybridized carbons (Fsp3) is 0.429. The van der Waals surface area contributed by atoms with Gasteiger partial charge in [0.15, 0.2) is 0 Å². The lowest BCUT2D eigenvalue weighted by Gasteiger charge is -2.39. The van der Waals surface area contributed by atoms with Crippen molar-refractivity contribution in [2.45, 2.75) is 31.7 Å². The van der Waals surface area contributed by atoms with E-state index in [0.717, 1.165) is 45.6 Å². The smallest absolute Gasteiger partial charge is 0.233 e. The van der Waals surface area contributed by atoms with Crippen LogP contribution in [-0.4, -0.2) is 46.9 Å². The van der Waals surface area contributed by atoms with Crippen molar-refractivity contribution in [3.05, 3.63) is 65.5 Å². The molecule has 4 rings (SSSR count). The van der Waals surface area contributed by atoms with Gasteiger partial charge in [-0.1, -0.05) is 24.3 Å². The Morgan fingerprint density at radius 2 is 1.80 bits per heavy atom. The highest BCUT2D eigenvalue weighted by Gasteiger charge is 2.43. The number of hydrogen-bond donors (Lipinski definition) is 0. The summed E-state index contributed by atoms with van der Waals surface area (Å²) < 4.78 is 0. The van der Waals surface area contributed by atoms with Crippen LogP contribution in [0.1, 0.15) is 30.0 Å². The Balaban J connectivity index is 1.40. The number of carbonyl (C=O) groups excluding carboxylic acids is 1. The Hall–Kier alpha value is -2.20. The molecule has 25 heavy (non-hydrogen) atoms. The van der Waals surface area contributed by atoms with Gasteiger partial charge in [-0.2, -0.15) is 0 Å². The molecule has 2 heterocycles. The number of carbonyl (C=O) groups is 1. The Morgan fingerprint density at radius 3 is 2.56 bits per heavy atom. The highest BCUT2D eigenvalue weighted by Crippen LogP contribution is 2.40. The summed E-state index contributed by atoms with van der Waals surface area (Å²) in [5.41, 5.74) is 3.52. The number of hydrogen-bond acceptors (Lipinski definition) is 3. The SMILES string of the molecule is CC1(C(=O)N2CCN(Cc3ccncc3)CC2)CCc2ccccc21. The van der Waals surface area contributed by atoms with Gasteiger partial charge in [0.25, 0.3) is 0 Å². The van der Waals surface area contributed by atoms with Crippen molar-refractivity contribution in [1.82, 2.24) is 14.8 Å². The number of piperazine rings is 1. The molecule has 130 valence electrons. The molecule has 1 unspecified atom stereocenters. The molecule has 0 radical (unpaired) electrons. The van der Waals surface area contributed by atoms with Crippen LogP contribution in [0.15, 0.2) is 48.8 Å². The summed E-state index contributed by atoms with van der Waals surface area (Å²) in [6, 6.07) is 12.6. The fourth-order valence-corrected chi connectivity index (χ4v) is 4.22. The first-order chi connectivity index (χ1) is 12.2. The van der Waals surface area contributed by atoms with Crippen LogP contribution in [0, 0.1) is 0 Å². The lowest BCUT2D eigenvalue weighted by Crippen LogP contribution is -2.53. The molecule has 2 aromatic rings. The quantitative estimate of drug-likeness (QED) is 0.865. The van der Waals surface area contributed by atoms with Crippen molar-refractivity contribution in [2.75, 3.05) is 26.2 Å². The first-order valence-electron chi connectivity index (χ1n) is 9.16. The average molecular weight is 335 g/mol. The van der Waals surface area contributed by atoms with E-state index in [2.05, 4.69) is 58.1 Å². The number of fused-ring (bicyclic) bond motifs is 1. The molecule has 1 aliphatic heterocycles. The van der Waals surface area contributed by atoms with Crippen LogP contribution in [0.3, 0.4) is 0 Å². The number of nitrogens with zero attached hydrogens (tertiary/aromatic N) is 3. The van der Waals surface area contributed by atoms with Gasteiger partial charge < -0.3 is 4.90 Å². The van der Waals surface area contributed by atoms with E-state index in [1.165, 1.54) is 16.7 Å². The second kappa shape index (κ2) is 6.60. The van der Waals surface area contributed by atoms with E-state index in [1.807, 2.05) is 12.4 Å². The molecule has 1 saturated heterocycles. The predicted octanol–water partition coefficient (Wildman–Crippen LogP) is 2.63. The van der Waals surface area contributed by atoms with Gasteiger partial charge >= 0.3 is 0 Å². The van der Waals surface area contributed by atoms with Crippen molar-refractivity contribution < 1.29 is 4.79 Å². The van der Waals surface area contributed by atoms with Gasteiger partial charge in [-0.05, 0) is 48.6 Å². The van der Waals surface area contributed by atoms with E-state index in [4.69, 9.17) is 0 Å². The van der Waals surface area contributed by atoms with Crippen LogP contribution >= 0.6 is 0 Å². The molecule has 2 aliphatic rings. The summed E-state index contributed by atoms with van der Waals surface area (Å²) in [4.78, 5) is 21.8. The van der Waals surface area contributed by atoms with Crippen molar-refractivity contribution in [2.24, 2.45) is 0 Å². The van der Waals surface area contributed by atoms with Gasteiger partial charge in [-0.3, -0.25) is 14.7 Å². The maximum absolute atomic E-state index is 13.2. The molecule has 1 amide bonds. The van der Waals surface area contributed by atoms with Crippen LogP contribution in [-0.2, 0) is 23.2 Å². The standard InChI is InChI=1S/C21H25N3O/c1-21(9-6-18-4-2-3-5-19(18)21)20(25)24-14-12-23(13-15-24)16-17-7-10-22-11-8-17/h2-5,7-8,10-11H,6,9,12-16H2,1H3. The summed E-state index contributed by atoms with van der Waals surface area (Å²) >= 11 is 0. The summed E-state index contributed by atoms with van der Waals surface area (Å²) in [5.74, 6) is 0.306. The summed E-state index contributed by atoms with van der Waals surface area (Å²) in [7, 11) is 0. The van der Waals surface area contributed by atoms with E-state index in [0.29, 0.717) is 5.91 Å². The van der Waals surface area contributed by atoms with E-state index in [9.17, 15) is 4.79 Å². The first kappa shape index (κ1) is 16.3. The van der Waals surface area contributed by atoms with Crippen LogP contribution in [0.25, 0.3) is 0 Å². The zero-order valence-corrected chi connectivity index (χ0v) is 14.8. The topological polar surface area (TPSA) is 36.4 Å². The third-order valence-electron chi connectivity index (χ3n) is 5.79. The summed E-state index contributed by atoms with van der Waals surface area (Å²) in [5, 5.41) is 0. The van der Waals surface area contributed by atoms with Crippen molar-refractivity contribution >= 4 is 5.91 Å². The van der Waals surface area contributed by atoms with Crippen LogP contribution in [0.4, 0.5) is 0 Å². The molecule has 0 spiro atoms. The molecule has 1 fully saturated rings. The van der Waals surface area contributed by atoms with Gasteiger partial charge in [-0.15, -0.1) is 0 Å². The largest absolute Gasteiger partial charge is 0.339 e. The zero-order chi connectivity index (χ0) is 17.3. The molecule has 1 aromatic heterocycles. The monoisotopic (exact) mass is 335 g/mol. The normalized spacial score (nSPS) is 23.5. The molecule has 1 aromatic carbocycles. The number of aromatic nitrogens is 1. The van der Waals surface area contributed by atoms with E-state index in [1.54, 1.807) is 0 Å². The lowest BCUT2D eigenvalue weighted by molar-refractivity contribution is -0.138. The van der Waals surface area contributed by atoms with Gasteiger partial charge in [0.1, 0.15) is 0 Å². The lowest BCUT2D eigenvalue weighted by atomic mass is 9.82. The second-order valence-corrected chi connectivity index (χ2v) is 7.41. The minimum absolute atomic E-state index is 0.306. The number of aryl methyl sites for hydroxylation is 1. The molecule has 0 saturated carbocycles. The Labute approximate surface area is 149 Å². The minimum atomic E-state index is -0.343. The zero-order valence-electron chi connectivity index (χ0n) is 14.8. The maximum atomic E-state index is 13.2. The number of amides is 1. The minimum Gasteiger partial charge on any atom is -0.339 e. The average Bonchev–Trinajstić information content (AvgIpc) is 3.01. The van der Waals surface area contributed by atoms with Gasteiger partial charge in [0, 0.05) is 45.1 Å². The third-order valence-corrected chi connectivity index (χ3v) is 5.79. The molecule has 4 nitrogen and oxygen atoms in total. The molecular formula is C21H25N3O.